The number of thioether (sulfide) groups is 2. The summed E-state index contributed by atoms with van der Waals surface area (Å²) in [5, 5.41) is 40.7. The van der Waals surface area contributed by atoms with Gasteiger partial charge in [0.15, 0.2) is 10.3 Å². The number of rotatable bonds is 14. The van der Waals surface area contributed by atoms with Gasteiger partial charge in [-0.05, 0) is 125 Å². The number of carbonyl (C=O) groups is 4. The Labute approximate surface area is 405 Å². The zero-order valence-corrected chi connectivity index (χ0v) is 40.5. The predicted octanol–water partition coefficient (Wildman–Crippen LogP) is 10.9. The van der Waals surface area contributed by atoms with E-state index >= 15 is 0 Å². The molecule has 0 saturated carbocycles. The quantitative estimate of drug-likeness (QED) is 0.0871. The molecule has 66 heavy (non-hydrogen) atoms. The van der Waals surface area contributed by atoms with Crippen LogP contribution in [0.2, 0.25) is 10.0 Å². The molecule has 0 unspecified atom stereocenters. The Kier molecular flexibility index (Phi) is 15.0. The number of Topliss-reactive ketones (excluding diaryl/α,β-unsaturated/α-hetero) is 2. The van der Waals surface area contributed by atoms with Crippen molar-refractivity contribution in [1.82, 2.24) is 29.5 Å². The molecule has 0 spiro atoms. The molecule has 0 aliphatic carbocycles. The number of carboxylic acids is 2. The van der Waals surface area contributed by atoms with Gasteiger partial charge in [-0.1, -0.05) is 106 Å². The third-order valence-corrected chi connectivity index (χ3v) is 13.8. The van der Waals surface area contributed by atoms with E-state index in [2.05, 4.69) is 99.6 Å². The van der Waals surface area contributed by atoms with E-state index in [1.54, 1.807) is 16.7 Å². The molecule has 0 amide bonds. The molecule has 0 aliphatic rings. The van der Waals surface area contributed by atoms with Crippen molar-refractivity contribution in [2.45, 2.75) is 50.8 Å². The van der Waals surface area contributed by atoms with E-state index in [0.717, 1.165) is 49.6 Å². The van der Waals surface area contributed by atoms with Gasteiger partial charge in [-0.25, -0.2) is 9.59 Å². The third-order valence-electron chi connectivity index (χ3n) is 10.6. The van der Waals surface area contributed by atoms with E-state index in [1.807, 2.05) is 29.7 Å². The monoisotopic (exact) mass is 1020 g/mol. The van der Waals surface area contributed by atoms with Crippen LogP contribution < -0.4 is 5.73 Å². The first-order valence-electron chi connectivity index (χ1n) is 20.1. The molecule has 4 N–H and O–H groups in total. The van der Waals surface area contributed by atoms with E-state index < -0.39 is 11.9 Å². The van der Waals surface area contributed by atoms with E-state index in [0.29, 0.717) is 26.2 Å². The Bertz CT molecular complexity index is 3020. The largest absolute Gasteiger partial charge is 0.478 e. The van der Waals surface area contributed by atoms with Crippen molar-refractivity contribution in [2.75, 3.05) is 17.2 Å². The molecule has 2 heterocycles. The maximum atomic E-state index is 12.6. The van der Waals surface area contributed by atoms with Gasteiger partial charge in [0, 0.05) is 33.7 Å². The van der Waals surface area contributed by atoms with Crippen LogP contribution in [0.5, 0.6) is 0 Å². The average molecular weight is 1030 g/mol. The fourth-order valence-corrected chi connectivity index (χ4v) is 9.87. The first-order valence-corrected chi connectivity index (χ1v) is 23.7. The van der Waals surface area contributed by atoms with Gasteiger partial charge in [-0.15, -0.1) is 20.4 Å². The number of anilines is 1. The number of hydrogen-bond donors (Lipinski definition) is 3. The van der Waals surface area contributed by atoms with Crippen LogP contribution in [0.25, 0.3) is 32.9 Å². The zero-order chi connectivity index (χ0) is 47.4. The predicted molar refractivity (Wildman–Crippen MR) is 264 cm³/mol. The molecule has 0 fully saturated rings. The first kappa shape index (κ1) is 47.9. The Hall–Kier alpha value is -6.04. The van der Waals surface area contributed by atoms with E-state index in [-0.39, 0.29) is 63.0 Å². The van der Waals surface area contributed by atoms with Crippen molar-refractivity contribution < 1.29 is 29.4 Å². The minimum Gasteiger partial charge on any atom is -0.478 e. The van der Waals surface area contributed by atoms with Gasteiger partial charge in [0.05, 0.1) is 34.0 Å². The number of carbonyl (C=O) groups excluding carboxylic acids is 2. The maximum absolute atomic E-state index is 12.6. The second kappa shape index (κ2) is 20.6. The number of aromatic nitrogens is 6. The highest BCUT2D eigenvalue weighted by Crippen LogP contribution is 2.34. The number of nitrogen functional groups attached to an aromatic ring is 1. The second-order valence-corrected chi connectivity index (χ2v) is 18.8. The molecular formula is C48H40BrCl2N7O6S2. The van der Waals surface area contributed by atoms with Crippen molar-refractivity contribution in [3.05, 3.63) is 156 Å². The molecule has 0 saturated heterocycles. The zero-order valence-electron chi connectivity index (χ0n) is 35.8. The Morgan fingerprint density at radius 2 is 1.02 bits per heavy atom. The van der Waals surface area contributed by atoms with Crippen LogP contribution in [0.1, 0.15) is 54.1 Å². The number of ketones is 2. The van der Waals surface area contributed by atoms with Crippen molar-refractivity contribution in [3.8, 4) is 11.4 Å². The van der Waals surface area contributed by atoms with E-state index in [4.69, 9.17) is 39.1 Å². The number of aryl methyl sites for hydroxylation is 4. The molecule has 0 bridgehead atoms. The van der Waals surface area contributed by atoms with Crippen molar-refractivity contribution in [2.24, 2.45) is 0 Å². The summed E-state index contributed by atoms with van der Waals surface area (Å²) in [5.41, 5.74) is 13.9. The number of benzene rings is 6. The summed E-state index contributed by atoms with van der Waals surface area (Å²) >= 11 is 18.4. The summed E-state index contributed by atoms with van der Waals surface area (Å²) in [7, 11) is 0. The van der Waals surface area contributed by atoms with Gasteiger partial charge >= 0.3 is 11.9 Å². The summed E-state index contributed by atoms with van der Waals surface area (Å²) in [5.74, 6) is -1.72. The van der Waals surface area contributed by atoms with Gasteiger partial charge in [0.2, 0.25) is 10.7 Å². The van der Waals surface area contributed by atoms with Crippen molar-refractivity contribution >= 4 is 114 Å². The number of nitrogens with two attached hydrogens (primary N) is 1. The summed E-state index contributed by atoms with van der Waals surface area (Å²) in [6.07, 6.45) is 0.190. The fourth-order valence-electron chi connectivity index (χ4n) is 7.20. The molecule has 2 aromatic heterocycles. The smallest absolute Gasteiger partial charge is 0.335 e. The van der Waals surface area contributed by atoms with Gasteiger partial charge in [-0.2, -0.15) is 0 Å². The first-order chi connectivity index (χ1) is 31.5. The third kappa shape index (κ3) is 10.8. The second-order valence-electron chi connectivity index (χ2n) is 15.4. The standard InChI is InChI=1S/C24H19BrClN3O3S.C24H21ClN4O3S/c1-13-3-7-18-14(2)4-8-21(19(18)9-13)29-23(25)27-28-24(29)33-12-17(30)10-15-5-6-16(22(31)32)11-20(15)26;1-13-3-7-18-14(2)4-8-21(19(18)9-13)29-23(26)27-28-24(29)33-12-17(30)10-15-5-6-16(22(31)32)11-20(15)25/h3-9,11H,10,12H2,1-2H3,(H,31,32);3-9,11H,10,12H2,1-2H3,(H2,26,27)(H,31,32). The summed E-state index contributed by atoms with van der Waals surface area (Å²) in [6, 6.07) is 29.4. The normalized spacial score (nSPS) is 11.1. The van der Waals surface area contributed by atoms with E-state index in [1.165, 1.54) is 53.4 Å². The molecule has 6 aromatic carbocycles. The lowest BCUT2D eigenvalue weighted by Crippen LogP contribution is -2.09. The van der Waals surface area contributed by atoms with Gasteiger partial charge in [0.1, 0.15) is 11.6 Å². The number of carboxylic acid groups (broad SMARTS) is 2. The number of nitrogens with zero attached hydrogens (tertiary/aromatic N) is 6. The lowest BCUT2D eigenvalue weighted by Gasteiger charge is -2.13. The number of aromatic carboxylic acids is 2. The highest BCUT2D eigenvalue weighted by Gasteiger charge is 2.20. The van der Waals surface area contributed by atoms with Crippen LogP contribution >= 0.6 is 62.7 Å². The Balaban J connectivity index is 0.000000196. The fraction of sp³-hybridized carbons (Fsp3) is 0.167. The molecule has 18 heteroatoms. The topological polar surface area (TPSA) is 196 Å². The molecule has 13 nitrogen and oxygen atoms in total. The van der Waals surface area contributed by atoms with Gasteiger partial charge in [0.25, 0.3) is 0 Å². The maximum Gasteiger partial charge on any atom is 0.335 e. The van der Waals surface area contributed by atoms with Crippen LogP contribution in [-0.2, 0) is 22.4 Å². The molecular weight excluding hydrogens is 986 g/mol. The molecule has 0 atom stereocenters. The van der Waals surface area contributed by atoms with Gasteiger partial charge < -0.3 is 15.9 Å². The van der Waals surface area contributed by atoms with Crippen molar-refractivity contribution in [3.63, 3.8) is 0 Å². The van der Waals surface area contributed by atoms with Crippen LogP contribution in [0.4, 0.5) is 5.95 Å². The van der Waals surface area contributed by atoms with E-state index in [9.17, 15) is 19.2 Å². The SMILES string of the molecule is Cc1ccc2c(C)ccc(-n3c(Br)nnc3SCC(=O)Cc3ccc(C(=O)O)cc3Cl)c2c1.Cc1ccc2c(C)ccc(-n3c(N)nnc3SCC(=O)Cc3ccc(C(=O)O)cc3Cl)c2c1. The highest BCUT2D eigenvalue weighted by molar-refractivity contribution is 9.10. The molecule has 0 aliphatic heterocycles. The number of hydrogen-bond acceptors (Lipinski definition) is 11. The lowest BCUT2D eigenvalue weighted by atomic mass is 10.0. The molecule has 8 rings (SSSR count). The van der Waals surface area contributed by atoms with Crippen LogP contribution in [0.15, 0.2) is 112 Å². The van der Waals surface area contributed by atoms with Crippen molar-refractivity contribution in [1.29, 1.82) is 0 Å². The number of halogens is 3. The minimum atomic E-state index is -1.07. The van der Waals surface area contributed by atoms with Gasteiger partial charge in [-0.3, -0.25) is 18.7 Å². The average Bonchev–Trinajstić information content (AvgIpc) is 3.84. The molecule has 8 aromatic rings. The minimum absolute atomic E-state index is 0.0553. The number of fused-ring (bicyclic) bond motifs is 2. The van der Waals surface area contributed by atoms with Crippen LogP contribution in [0.3, 0.4) is 0 Å². The highest BCUT2D eigenvalue weighted by atomic mass is 79.9. The summed E-state index contributed by atoms with van der Waals surface area (Å²) in [4.78, 5) is 47.4. The molecule has 0 radical (unpaired) electrons. The summed E-state index contributed by atoms with van der Waals surface area (Å²) in [6.45, 7) is 8.21. The van der Waals surface area contributed by atoms with Crippen LogP contribution in [-0.4, -0.2) is 74.8 Å². The molecule has 336 valence electrons. The summed E-state index contributed by atoms with van der Waals surface area (Å²) < 4.78 is 4.21. The lowest BCUT2D eigenvalue weighted by molar-refractivity contribution is -0.116. The van der Waals surface area contributed by atoms with Crippen LogP contribution in [0, 0.1) is 27.7 Å². The Morgan fingerprint density at radius 1 is 0.576 bits per heavy atom. The Morgan fingerprint density at radius 3 is 1.47 bits per heavy atom.